The molecular formula is C36H49N5O10S. The second-order valence-corrected chi connectivity index (χ2v) is 16.7. The summed E-state index contributed by atoms with van der Waals surface area (Å²) >= 11 is 0. The molecule has 16 heteroatoms. The Morgan fingerprint density at radius 3 is 2.40 bits per heavy atom. The van der Waals surface area contributed by atoms with E-state index in [0.717, 1.165) is 25.7 Å². The fraction of sp³-hybridized carbons (Fsp3) is 0.639. The van der Waals surface area contributed by atoms with Crippen molar-refractivity contribution in [2.45, 2.75) is 121 Å². The molecule has 3 N–H and O–H groups in total. The number of likely N-dealkylation sites (tertiary alicyclic amines) is 1. The minimum Gasteiger partial charge on any atom is -0.497 e. The van der Waals surface area contributed by atoms with Gasteiger partial charge in [0.05, 0.1) is 25.3 Å². The lowest BCUT2D eigenvalue weighted by Crippen LogP contribution is -2.60. The van der Waals surface area contributed by atoms with Crippen LogP contribution in [-0.4, -0.2) is 91.7 Å². The van der Waals surface area contributed by atoms with Crippen LogP contribution in [-0.2, 0) is 33.6 Å². The molecule has 4 fully saturated rings. The van der Waals surface area contributed by atoms with Crippen LogP contribution in [0.1, 0.15) is 85.5 Å². The first kappa shape index (κ1) is 37.6. The first-order chi connectivity index (χ1) is 24.6. The number of carbonyl (C=O) groups excluding carboxylic acids is 4. The highest BCUT2D eigenvalue weighted by Gasteiger charge is 2.62. The molecular weight excluding hydrogens is 694 g/mol. The minimum atomic E-state index is -4.39. The van der Waals surface area contributed by atoms with E-state index >= 15 is 0 Å². The smallest absolute Gasteiger partial charge is 0.408 e. The van der Waals surface area contributed by atoms with Gasteiger partial charge in [0.25, 0.3) is 5.91 Å². The summed E-state index contributed by atoms with van der Waals surface area (Å²) < 4.78 is 49.6. The Kier molecular flexibility index (Phi) is 10.6. The Balaban J connectivity index is 1.26. The number of rotatable bonds is 13. The molecule has 2 aromatic rings. The number of alkyl carbamates (subject to hydrolysis) is 1. The van der Waals surface area contributed by atoms with Crippen molar-refractivity contribution < 1.29 is 46.0 Å². The van der Waals surface area contributed by atoms with E-state index in [1.165, 1.54) is 4.90 Å². The van der Waals surface area contributed by atoms with Gasteiger partial charge in [-0.1, -0.05) is 34.1 Å². The normalized spacial score (nSPS) is 25.3. The molecule has 1 aromatic heterocycles. The highest BCUT2D eigenvalue weighted by Crippen LogP contribution is 2.47. The largest absolute Gasteiger partial charge is 0.497 e. The molecule has 1 aliphatic heterocycles. The summed E-state index contributed by atoms with van der Waals surface area (Å²) in [7, 11) is -2.83. The van der Waals surface area contributed by atoms with Gasteiger partial charge in [-0.3, -0.25) is 23.6 Å². The van der Waals surface area contributed by atoms with Gasteiger partial charge in [-0.15, -0.1) is 0 Å². The molecule has 6 rings (SSSR count). The van der Waals surface area contributed by atoms with Gasteiger partial charge in [-0.25, -0.2) is 9.52 Å². The number of methoxy groups -OCH3 is 1. The Bertz CT molecular complexity index is 1810. The topological polar surface area (TPSA) is 192 Å². The SMILES string of the molecule is CC[C@H]1C[C@]1(NC(=O)C1CC(Oc2ccnc3cc(OC)ccc23)CN1C(=O)C(NC(=O)OC1CCCC1)C(C)(C)C)C(=O)NS(=O)(=O)OC1CC1. The Morgan fingerprint density at radius 2 is 1.77 bits per heavy atom. The molecule has 5 atom stereocenters. The van der Waals surface area contributed by atoms with Crippen molar-refractivity contribution in [2.75, 3.05) is 13.7 Å². The molecule has 52 heavy (non-hydrogen) atoms. The standard InChI is InChI=1S/C36H49N5O10S/c1-6-21-19-36(21,33(44)40-52(46,47)51-23-11-12-23)39-31(42)28-18-25(49-29-15-16-37-27-17-24(48-5)13-14-26(27)29)20-41(28)32(43)30(35(2,3)4)38-34(45)50-22-9-7-8-10-22/h13-17,21-23,25,28,30H,6-12,18-20H2,1-5H3,(H,38,45)(H,39,42)(H,40,44)/t21-,25?,28?,30?,36+/m0/s1. The van der Waals surface area contributed by atoms with Crippen molar-refractivity contribution in [1.29, 1.82) is 0 Å². The number of hydrogen-bond acceptors (Lipinski definition) is 11. The number of pyridine rings is 1. The summed E-state index contributed by atoms with van der Waals surface area (Å²) in [4.78, 5) is 61.1. The number of carbonyl (C=O) groups is 4. The quantitative estimate of drug-likeness (QED) is 0.272. The third kappa shape index (κ3) is 8.38. The fourth-order valence-corrected chi connectivity index (χ4v) is 8.20. The maximum Gasteiger partial charge on any atom is 0.408 e. The molecule has 2 heterocycles. The van der Waals surface area contributed by atoms with Crippen LogP contribution in [0.15, 0.2) is 30.5 Å². The molecule has 3 unspecified atom stereocenters. The van der Waals surface area contributed by atoms with Crippen LogP contribution in [0.3, 0.4) is 0 Å². The van der Waals surface area contributed by atoms with E-state index in [1.54, 1.807) is 52.3 Å². The summed E-state index contributed by atoms with van der Waals surface area (Å²) in [5.74, 6) is -1.28. The number of fused-ring (bicyclic) bond motifs is 1. The van der Waals surface area contributed by atoms with Crippen LogP contribution in [0.5, 0.6) is 11.5 Å². The zero-order chi connectivity index (χ0) is 37.4. The summed E-state index contributed by atoms with van der Waals surface area (Å²) in [6.45, 7) is 7.25. The zero-order valence-electron chi connectivity index (χ0n) is 30.3. The Morgan fingerprint density at radius 1 is 1.04 bits per heavy atom. The van der Waals surface area contributed by atoms with Crippen molar-refractivity contribution in [3.8, 4) is 11.5 Å². The van der Waals surface area contributed by atoms with Gasteiger partial charge in [-0.05, 0) is 74.5 Å². The predicted octanol–water partition coefficient (Wildman–Crippen LogP) is 3.50. The van der Waals surface area contributed by atoms with Crippen molar-refractivity contribution in [1.82, 2.24) is 25.2 Å². The highest BCUT2D eigenvalue weighted by atomic mass is 32.2. The van der Waals surface area contributed by atoms with E-state index in [9.17, 15) is 27.6 Å². The molecule has 284 valence electrons. The van der Waals surface area contributed by atoms with Crippen molar-refractivity contribution in [2.24, 2.45) is 11.3 Å². The monoisotopic (exact) mass is 743 g/mol. The number of nitrogens with one attached hydrogen (secondary N) is 3. The van der Waals surface area contributed by atoms with Crippen LogP contribution >= 0.6 is 0 Å². The highest BCUT2D eigenvalue weighted by molar-refractivity contribution is 7.85. The lowest BCUT2D eigenvalue weighted by molar-refractivity contribution is -0.143. The summed E-state index contributed by atoms with van der Waals surface area (Å²) in [5, 5.41) is 6.30. The zero-order valence-corrected chi connectivity index (χ0v) is 31.1. The van der Waals surface area contributed by atoms with Gasteiger partial charge in [0.2, 0.25) is 11.8 Å². The molecule has 15 nitrogen and oxygen atoms in total. The number of benzene rings is 1. The van der Waals surface area contributed by atoms with Gasteiger partial charge in [0, 0.05) is 24.1 Å². The van der Waals surface area contributed by atoms with Gasteiger partial charge in [-0.2, -0.15) is 8.42 Å². The lowest BCUT2D eigenvalue weighted by atomic mass is 9.85. The first-order valence-corrected chi connectivity index (χ1v) is 19.5. The molecule has 3 saturated carbocycles. The van der Waals surface area contributed by atoms with Gasteiger partial charge >= 0.3 is 16.4 Å². The van der Waals surface area contributed by atoms with Gasteiger partial charge in [0.1, 0.15) is 41.3 Å². The van der Waals surface area contributed by atoms with E-state index in [0.29, 0.717) is 41.7 Å². The first-order valence-electron chi connectivity index (χ1n) is 18.1. The van der Waals surface area contributed by atoms with E-state index in [4.69, 9.17) is 18.4 Å². The van der Waals surface area contributed by atoms with Crippen LogP contribution in [0.2, 0.25) is 0 Å². The molecule has 0 bridgehead atoms. The maximum absolute atomic E-state index is 14.5. The number of nitrogens with zero attached hydrogens (tertiary/aromatic N) is 2. The van der Waals surface area contributed by atoms with Crippen LogP contribution in [0, 0.1) is 11.3 Å². The Hall–Kier alpha value is -4.18. The van der Waals surface area contributed by atoms with Crippen molar-refractivity contribution in [3.05, 3.63) is 30.5 Å². The molecule has 4 aliphatic rings. The van der Waals surface area contributed by atoms with Gasteiger partial charge < -0.3 is 29.7 Å². The second kappa shape index (κ2) is 14.7. The van der Waals surface area contributed by atoms with Crippen LogP contribution < -0.4 is 24.8 Å². The third-order valence-corrected chi connectivity index (χ3v) is 11.3. The van der Waals surface area contributed by atoms with E-state index in [2.05, 4.69) is 15.6 Å². The summed E-state index contributed by atoms with van der Waals surface area (Å²) in [6.07, 6.45) is 4.89. The maximum atomic E-state index is 14.5. The molecule has 1 aromatic carbocycles. The molecule has 1 saturated heterocycles. The van der Waals surface area contributed by atoms with Gasteiger partial charge in [0.15, 0.2) is 0 Å². The van der Waals surface area contributed by atoms with Crippen molar-refractivity contribution in [3.63, 3.8) is 0 Å². The summed E-state index contributed by atoms with van der Waals surface area (Å²) in [5.41, 5.74) is -1.66. The predicted molar refractivity (Wildman–Crippen MR) is 188 cm³/mol. The average Bonchev–Trinajstić information content (AvgIpc) is 3.92. The van der Waals surface area contributed by atoms with E-state index < -0.39 is 69.4 Å². The Labute approximate surface area is 304 Å². The van der Waals surface area contributed by atoms with E-state index in [-0.39, 0.29) is 31.4 Å². The number of aromatic nitrogens is 1. The molecule has 0 radical (unpaired) electrons. The lowest BCUT2D eigenvalue weighted by Gasteiger charge is -2.35. The van der Waals surface area contributed by atoms with Crippen LogP contribution in [0.25, 0.3) is 10.9 Å². The molecule has 3 aliphatic carbocycles. The van der Waals surface area contributed by atoms with E-state index in [1.807, 2.05) is 17.7 Å². The third-order valence-electron chi connectivity index (χ3n) is 10.4. The number of amides is 4. The second-order valence-electron chi connectivity index (χ2n) is 15.4. The van der Waals surface area contributed by atoms with Crippen molar-refractivity contribution >= 4 is 45.0 Å². The minimum absolute atomic E-state index is 0.0111. The molecule has 4 amide bonds. The summed E-state index contributed by atoms with van der Waals surface area (Å²) in [6, 6.07) is 4.87. The fourth-order valence-electron chi connectivity index (χ4n) is 7.20. The average molecular weight is 744 g/mol. The molecule has 0 spiro atoms. The number of ether oxygens (including phenoxy) is 3. The number of hydrogen-bond donors (Lipinski definition) is 3. The van der Waals surface area contributed by atoms with Crippen LogP contribution in [0.4, 0.5) is 4.79 Å².